The topological polar surface area (TPSA) is 47.7 Å². The third kappa shape index (κ3) is 4.44. The van der Waals surface area contributed by atoms with E-state index in [1.54, 1.807) is 5.01 Å². The number of anilines is 1. The van der Waals surface area contributed by atoms with Crippen LogP contribution in [0.1, 0.15) is 30.5 Å². The Labute approximate surface area is 148 Å². The van der Waals surface area contributed by atoms with Crippen LogP contribution in [0.5, 0.6) is 5.75 Å². The minimum absolute atomic E-state index is 0.699. The van der Waals surface area contributed by atoms with Gasteiger partial charge in [-0.2, -0.15) is 4.89 Å². The van der Waals surface area contributed by atoms with Crippen LogP contribution in [0.4, 0.5) is 5.69 Å². The Kier molecular flexibility index (Phi) is 6.97. The number of nitrogens with two attached hydrogens (primary N) is 1. The van der Waals surface area contributed by atoms with Gasteiger partial charge in [0.15, 0.2) is 5.75 Å². The van der Waals surface area contributed by atoms with Crippen molar-refractivity contribution in [3.05, 3.63) is 53.1 Å². The van der Waals surface area contributed by atoms with E-state index in [0.29, 0.717) is 5.75 Å². The molecule has 0 bridgehead atoms. The Morgan fingerprint density at radius 2 is 1.92 bits per heavy atom. The molecule has 24 heavy (non-hydrogen) atoms. The van der Waals surface area contributed by atoms with Gasteiger partial charge in [-0.3, -0.25) is 0 Å². The van der Waals surface area contributed by atoms with E-state index in [9.17, 15) is 0 Å². The number of rotatable bonds is 8. The maximum absolute atomic E-state index is 5.98. The Hall–Kier alpha value is -1.69. The molecular weight excluding hydrogens is 320 g/mol. The van der Waals surface area contributed by atoms with Gasteiger partial charge in [-0.15, -0.1) is 11.8 Å². The summed E-state index contributed by atoms with van der Waals surface area (Å²) >= 11 is 1.81. The first-order valence-electron chi connectivity index (χ1n) is 8.16. The van der Waals surface area contributed by atoms with Crippen molar-refractivity contribution in [2.45, 2.75) is 37.3 Å². The molecule has 2 aromatic carbocycles. The van der Waals surface area contributed by atoms with Crippen LogP contribution in [0, 0.1) is 0 Å². The number of nitrogens with zero attached hydrogens (tertiary/aromatic N) is 1. The Morgan fingerprint density at radius 3 is 2.54 bits per heavy atom. The van der Waals surface area contributed by atoms with Crippen LogP contribution in [-0.2, 0) is 23.5 Å². The van der Waals surface area contributed by atoms with Crippen molar-refractivity contribution in [1.82, 2.24) is 0 Å². The first kappa shape index (κ1) is 18.6. The fraction of sp³-hybridized carbons (Fsp3) is 0.368. The molecule has 0 amide bonds. The maximum atomic E-state index is 5.98. The molecule has 0 heterocycles. The summed E-state index contributed by atoms with van der Waals surface area (Å²) in [6, 6.07) is 12.5. The molecule has 2 rings (SSSR count). The number of hydrogen-bond donors (Lipinski definition) is 1. The van der Waals surface area contributed by atoms with E-state index in [1.807, 2.05) is 37.0 Å². The summed E-state index contributed by atoms with van der Waals surface area (Å²) in [5.74, 6) is 7.44. The van der Waals surface area contributed by atoms with Crippen molar-refractivity contribution in [3.63, 3.8) is 0 Å². The van der Waals surface area contributed by atoms with E-state index in [-0.39, 0.29) is 0 Å². The highest BCUT2D eigenvalue weighted by atomic mass is 32.2. The van der Waals surface area contributed by atoms with E-state index in [2.05, 4.69) is 32.0 Å². The molecule has 0 fully saturated rings. The van der Waals surface area contributed by atoms with E-state index in [1.165, 1.54) is 23.1 Å². The second-order valence-electron chi connectivity index (χ2n) is 5.55. The van der Waals surface area contributed by atoms with Gasteiger partial charge >= 0.3 is 0 Å². The van der Waals surface area contributed by atoms with Gasteiger partial charge in [-0.1, -0.05) is 32.0 Å². The summed E-state index contributed by atoms with van der Waals surface area (Å²) in [5.41, 5.74) is 4.68. The Bertz CT molecular complexity index is 674. The molecule has 0 aliphatic carbocycles. The van der Waals surface area contributed by atoms with Crippen LogP contribution >= 0.6 is 11.8 Å². The molecule has 4 nitrogen and oxygen atoms in total. The highest BCUT2D eigenvalue weighted by Gasteiger charge is 2.14. The standard InChI is InChI=1S/C19H26N2O2S/c1-5-14-10-11-15(6-2)19(12-14)24-13-16-17(21(3)20)8-7-9-18(16)23-22-4/h7-12H,5-6,13,20H2,1-4H3. The zero-order valence-electron chi connectivity index (χ0n) is 14.8. The number of hydrogen-bond acceptors (Lipinski definition) is 5. The lowest BCUT2D eigenvalue weighted by Gasteiger charge is -2.19. The third-order valence-corrected chi connectivity index (χ3v) is 5.08. The SMILES string of the molecule is CCc1ccc(CC)c(SCc2c(OOC)cccc2N(C)N)c1. The number of benzene rings is 2. The normalized spacial score (nSPS) is 10.7. The summed E-state index contributed by atoms with van der Waals surface area (Å²) in [7, 11) is 3.34. The quantitative estimate of drug-likeness (QED) is 0.333. The first-order valence-corrected chi connectivity index (χ1v) is 9.14. The average Bonchev–Trinajstić information content (AvgIpc) is 2.60. The smallest absolute Gasteiger partial charge is 0.171 e. The molecule has 0 saturated carbocycles. The van der Waals surface area contributed by atoms with Gasteiger partial charge in [0.05, 0.1) is 12.8 Å². The molecule has 0 aromatic heterocycles. The zero-order chi connectivity index (χ0) is 17.5. The highest BCUT2D eigenvalue weighted by Crippen LogP contribution is 2.36. The number of aryl methyl sites for hydroxylation is 2. The van der Waals surface area contributed by atoms with Crippen LogP contribution in [-0.4, -0.2) is 14.2 Å². The molecule has 0 saturated heterocycles. The van der Waals surface area contributed by atoms with E-state index in [0.717, 1.165) is 29.8 Å². The lowest BCUT2D eigenvalue weighted by atomic mass is 10.1. The van der Waals surface area contributed by atoms with Gasteiger partial charge in [-0.25, -0.2) is 5.84 Å². The summed E-state index contributed by atoms with van der Waals surface area (Å²) in [5, 5.41) is 1.61. The van der Waals surface area contributed by atoms with Gasteiger partial charge in [0.1, 0.15) is 0 Å². The van der Waals surface area contributed by atoms with Crippen molar-refractivity contribution in [1.29, 1.82) is 0 Å². The monoisotopic (exact) mass is 346 g/mol. The largest absolute Gasteiger partial charge is 0.337 e. The summed E-state index contributed by atoms with van der Waals surface area (Å²) < 4.78 is 0. The molecular formula is C19H26N2O2S. The number of hydrazine groups is 1. The van der Waals surface area contributed by atoms with Crippen molar-refractivity contribution in [2.24, 2.45) is 5.84 Å². The van der Waals surface area contributed by atoms with E-state index in [4.69, 9.17) is 15.6 Å². The fourth-order valence-electron chi connectivity index (χ4n) is 2.59. The van der Waals surface area contributed by atoms with Crippen molar-refractivity contribution in [2.75, 3.05) is 19.2 Å². The molecule has 0 aliphatic heterocycles. The van der Waals surface area contributed by atoms with Gasteiger partial charge in [0.2, 0.25) is 0 Å². The summed E-state index contributed by atoms with van der Waals surface area (Å²) in [6.45, 7) is 4.37. The predicted molar refractivity (Wildman–Crippen MR) is 101 cm³/mol. The fourth-order valence-corrected chi connectivity index (χ4v) is 3.82. The molecule has 2 N–H and O–H groups in total. The molecule has 0 radical (unpaired) electrons. The van der Waals surface area contributed by atoms with Gasteiger partial charge in [-0.05, 0) is 42.2 Å². The van der Waals surface area contributed by atoms with Crippen LogP contribution in [0.2, 0.25) is 0 Å². The average molecular weight is 346 g/mol. The molecule has 0 atom stereocenters. The second kappa shape index (κ2) is 8.97. The molecule has 0 unspecified atom stereocenters. The van der Waals surface area contributed by atoms with E-state index >= 15 is 0 Å². The zero-order valence-corrected chi connectivity index (χ0v) is 15.7. The van der Waals surface area contributed by atoms with Gasteiger partial charge in [0, 0.05) is 23.3 Å². The molecule has 0 spiro atoms. The van der Waals surface area contributed by atoms with Crippen molar-refractivity contribution < 1.29 is 9.78 Å². The third-order valence-electron chi connectivity index (χ3n) is 3.95. The lowest BCUT2D eigenvalue weighted by Crippen LogP contribution is -2.26. The Morgan fingerprint density at radius 1 is 1.12 bits per heavy atom. The number of thioether (sulfide) groups is 1. The first-order chi connectivity index (χ1) is 11.6. The maximum Gasteiger partial charge on any atom is 0.171 e. The Balaban J connectivity index is 2.31. The molecule has 130 valence electrons. The molecule has 0 aliphatic rings. The van der Waals surface area contributed by atoms with E-state index < -0.39 is 0 Å². The molecule has 5 heteroatoms. The van der Waals surface area contributed by atoms with Crippen LogP contribution in [0.15, 0.2) is 41.3 Å². The predicted octanol–water partition coefficient (Wildman–Crippen LogP) is 4.35. The summed E-state index contributed by atoms with van der Waals surface area (Å²) in [4.78, 5) is 11.5. The van der Waals surface area contributed by atoms with Crippen molar-refractivity contribution >= 4 is 17.4 Å². The second-order valence-corrected chi connectivity index (χ2v) is 6.57. The summed E-state index contributed by atoms with van der Waals surface area (Å²) in [6.07, 6.45) is 2.06. The highest BCUT2D eigenvalue weighted by molar-refractivity contribution is 7.98. The van der Waals surface area contributed by atoms with Crippen molar-refractivity contribution in [3.8, 4) is 5.75 Å². The van der Waals surface area contributed by atoms with Gasteiger partial charge < -0.3 is 9.90 Å². The minimum atomic E-state index is 0.699. The van der Waals surface area contributed by atoms with Crippen LogP contribution in [0.3, 0.4) is 0 Å². The lowest BCUT2D eigenvalue weighted by molar-refractivity contribution is -0.178. The molecule has 2 aromatic rings. The van der Waals surface area contributed by atoms with Gasteiger partial charge in [0.25, 0.3) is 0 Å². The minimum Gasteiger partial charge on any atom is -0.337 e. The van der Waals surface area contributed by atoms with Crippen LogP contribution < -0.4 is 15.7 Å². The van der Waals surface area contributed by atoms with Crippen LogP contribution in [0.25, 0.3) is 0 Å².